The lowest BCUT2D eigenvalue weighted by Crippen LogP contribution is -2.61. The molecular weight excluding hydrogens is 307 g/mol. The van der Waals surface area contributed by atoms with Gasteiger partial charge in [0.1, 0.15) is 7.85 Å². The number of unbranched alkanes of at least 4 members (excludes halogenated alkanes) is 1. The topological polar surface area (TPSA) is 127 Å². The Bertz CT molecular complexity index is 432. The largest absolute Gasteiger partial charge is 0.348 e. The molecule has 7 nitrogen and oxygen atoms in total. The first-order valence-electron chi connectivity index (χ1n) is 8.78. The van der Waals surface area contributed by atoms with Gasteiger partial charge in [-0.2, -0.15) is 0 Å². The molecule has 0 fully saturated rings. The van der Waals surface area contributed by atoms with Crippen LogP contribution in [-0.2, 0) is 14.4 Å². The lowest BCUT2D eigenvalue weighted by atomic mass is 9.80. The van der Waals surface area contributed by atoms with Gasteiger partial charge in [-0.05, 0) is 32.7 Å². The minimum atomic E-state index is -0.881. The van der Waals surface area contributed by atoms with Gasteiger partial charge in [-0.1, -0.05) is 20.3 Å². The van der Waals surface area contributed by atoms with E-state index in [1.54, 1.807) is 21.7 Å². The molecule has 0 spiro atoms. The molecule has 6 N–H and O–H groups in total. The number of hydrogen-bond donors (Lipinski definition) is 4. The number of hydrogen-bond acceptors (Lipinski definition) is 6. The van der Waals surface area contributed by atoms with Crippen molar-refractivity contribution in [3.05, 3.63) is 0 Å². The minimum absolute atomic E-state index is 0.00841. The zero-order valence-corrected chi connectivity index (χ0v) is 15.5. The van der Waals surface area contributed by atoms with Crippen LogP contribution in [0.25, 0.3) is 0 Å². The van der Waals surface area contributed by atoms with Gasteiger partial charge in [0.15, 0.2) is 11.6 Å². The highest BCUT2D eigenvalue weighted by atomic mass is 16.2. The van der Waals surface area contributed by atoms with Crippen molar-refractivity contribution in [1.82, 2.24) is 10.6 Å². The Morgan fingerprint density at radius 1 is 1.21 bits per heavy atom. The lowest BCUT2D eigenvalue weighted by molar-refractivity contribution is -0.129. The summed E-state index contributed by atoms with van der Waals surface area (Å²) in [6.45, 7) is 5.95. The van der Waals surface area contributed by atoms with Crippen LogP contribution < -0.4 is 22.1 Å². The van der Waals surface area contributed by atoms with E-state index >= 15 is 0 Å². The van der Waals surface area contributed by atoms with Gasteiger partial charge in [-0.15, -0.1) is 0 Å². The molecule has 0 saturated carbocycles. The van der Waals surface area contributed by atoms with Crippen LogP contribution in [0.15, 0.2) is 0 Å². The summed E-state index contributed by atoms with van der Waals surface area (Å²) in [6.07, 6.45) is 2.99. The first kappa shape index (κ1) is 22.8. The molecule has 0 aromatic rings. The van der Waals surface area contributed by atoms with Crippen molar-refractivity contribution in [1.29, 1.82) is 0 Å². The Morgan fingerprint density at radius 3 is 2.29 bits per heavy atom. The number of carbonyl (C=O) groups is 3. The Kier molecular flexibility index (Phi) is 10.7. The van der Waals surface area contributed by atoms with E-state index in [4.69, 9.17) is 11.5 Å². The predicted octanol–water partition coefficient (Wildman–Crippen LogP) is -1.18. The Morgan fingerprint density at radius 2 is 1.83 bits per heavy atom. The van der Waals surface area contributed by atoms with Crippen LogP contribution in [0.3, 0.4) is 0 Å². The molecule has 3 unspecified atom stereocenters. The molecule has 0 aliphatic carbocycles. The second-order valence-electron chi connectivity index (χ2n) is 6.43. The normalized spacial score (nSPS) is 16.0. The lowest BCUT2D eigenvalue weighted by Gasteiger charge is -2.34. The van der Waals surface area contributed by atoms with Gasteiger partial charge < -0.3 is 16.8 Å². The maximum absolute atomic E-state index is 12.4. The molecule has 1 amide bonds. The van der Waals surface area contributed by atoms with Crippen molar-refractivity contribution in [3.63, 3.8) is 0 Å². The third-order valence-electron chi connectivity index (χ3n) is 4.27. The molecule has 0 heterocycles. The monoisotopic (exact) mass is 340 g/mol. The second-order valence-corrected chi connectivity index (χ2v) is 6.43. The third-order valence-corrected chi connectivity index (χ3v) is 4.27. The summed E-state index contributed by atoms with van der Waals surface area (Å²) in [5, 5.41) is 5.82. The van der Waals surface area contributed by atoms with E-state index in [-0.39, 0.29) is 24.0 Å². The molecule has 0 aliphatic rings. The maximum Gasteiger partial charge on any atom is 0.237 e. The summed E-state index contributed by atoms with van der Waals surface area (Å²) in [6, 6.07) is -0.561. The summed E-state index contributed by atoms with van der Waals surface area (Å²) in [4.78, 5) is 36.3. The van der Waals surface area contributed by atoms with E-state index in [1.165, 1.54) is 0 Å². The van der Waals surface area contributed by atoms with Crippen LogP contribution in [0.2, 0.25) is 0 Å². The molecule has 0 bridgehead atoms. The average molecular weight is 340 g/mol. The number of amides is 1. The second kappa shape index (κ2) is 11.3. The number of nitrogens with two attached hydrogens (primary N) is 2. The standard InChI is InChI=1S/C16H33BN4O3/c1-4-11(22)10-20-15(24)12(8-6-7-9-18)21-16(3,5-2)13(23)14(17)19/h12,14,21H,4-10,17-19H2,1-3H3,(H,20,24). The number of Topliss-reactive ketones (excluding diaryl/α,β-unsaturated/α-hetero) is 2. The van der Waals surface area contributed by atoms with Gasteiger partial charge in [-0.3, -0.25) is 19.7 Å². The molecule has 24 heavy (non-hydrogen) atoms. The first-order chi connectivity index (χ1) is 11.2. The van der Waals surface area contributed by atoms with Crippen molar-refractivity contribution in [2.24, 2.45) is 11.5 Å². The highest BCUT2D eigenvalue weighted by Crippen LogP contribution is 2.15. The van der Waals surface area contributed by atoms with Crippen molar-refractivity contribution in [2.45, 2.75) is 70.4 Å². The van der Waals surface area contributed by atoms with E-state index in [2.05, 4.69) is 10.6 Å². The maximum atomic E-state index is 12.4. The van der Waals surface area contributed by atoms with Crippen molar-refractivity contribution >= 4 is 25.3 Å². The van der Waals surface area contributed by atoms with Crippen LogP contribution >= 0.6 is 0 Å². The predicted molar refractivity (Wildman–Crippen MR) is 98.4 cm³/mol. The third kappa shape index (κ3) is 7.55. The van der Waals surface area contributed by atoms with Gasteiger partial charge >= 0.3 is 0 Å². The van der Waals surface area contributed by atoms with Gasteiger partial charge in [-0.25, -0.2) is 0 Å². The van der Waals surface area contributed by atoms with Crippen molar-refractivity contribution < 1.29 is 14.4 Å². The Labute approximate surface area is 146 Å². The smallest absolute Gasteiger partial charge is 0.237 e. The zero-order valence-electron chi connectivity index (χ0n) is 15.5. The molecule has 0 aliphatic heterocycles. The van der Waals surface area contributed by atoms with Crippen LogP contribution in [-0.4, -0.2) is 55.9 Å². The molecule has 138 valence electrons. The Balaban J connectivity index is 5.06. The quantitative estimate of drug-likeness (QED) is 0.247. The van der Waals surface area contributed by atoms with Crippen molar-refractivity contribution in [3.8, 4) is 0 Å². The van der Waals surface area contributed by atoms with Crippen molar-refractivity contribution in [2.75, 3.05) is 13.1 Å². The molecule has 0 saturated heterocycles. The molecule has 0 rings (SSSR count). The number of nitrogens with one attached hydrogen (secondary N) is 2. The molecule has 0 aromatic carbocycles. The fraction of sp³-hybridized carbons (Fsp3) is 0.812. The summed E-state index contributed by atoms with van der Waals surface area (Å²) in [7, 11) is 1.64. The fourth-order valence-corrected chi connectivity index (χ4v) is 2.43. The Hall–Kier alpha value is -1.25. The molecule has 0 aromatic heterocycles. The summed E-state index contributed by atoms with van der Waals surface area (Å²) < 4.78 is 0. The van der Waals surface area contributed by atoms with E-state index < -0.39 is 17.5 Å². The van der Waals surface area contributed by atoms with E-state index in [1.807, 2.05) is 6.92 Å². The van der Waals surface area contributed by atoms with Gasteiger partial charge in [0.25, 0.3) is 0 Å². The summed E-state index contributed by atoms with van der Waals surface area (Å²) in [5.41, 5.74) is 10.4. The van der Waals surface area contributed by atoms with E-state index in [0.717, 1.165) is 12.8 Å². The summed E-state index contributed by atoms with van der Waals surface area (Å²) in [5.74, 6) is -1.05. The summed E-state index contributed by atoms with van der Waals surface area (Å²) >= 11 is 0. The number of rotatable bonds is 13. The van der Waals surface area contributed by atoms with Crippen LogP contribution in [0, 0.1) is 0 Å². The molecular formula is C16H33BN4O3. The highest BCUT2D eigenvalue weighted by Gasteiger charge is 2.36. The van der Waals surface area contributed by atoms with E-state index in [9.17, 15) is 14.4 Å². The zero-order chi connectivity index (χ0) is 18.8. The van der Waals surface area contributed by atoms with Gasteiger partial charge in [0.2, 0.25) is 5.91 Å². The van der Waals surface area contributed by atoms with Gasteiger partial charge in [0, 0.05) is 12.4 Å². The molecule has 0 radical (unpaired) electrons. The molecule has 8 heteroatoms. The average Bonchev–Trinajstić information content (AvgIpc) is 2.57. The highest BCUT2D eigenvalue weighted by molar-refractivity contribution is 6.25. The van der Waals surface area contributed by atoms with Crippen LogP contribution in [0.4, 0.5) is 0 Å². The first-order valence-corrected chi connectivity index (χ1v) is 8.78. The van der Waals surface area contributed by atoms with Crippen LogP contribution in [0.1, 0.15) is 52.9 Å². The van der Waals surface area contributed by atoms with Crippen LogP contribution in [0.5, 0.6) is 0 Å². The number of ketones is 2. The molecule has 3 atom stereocenters. The SMILES string of the molecule is BC(N)C(=O)C(C)(CC)NC(CCCCN)C(=O)NCC(=O)CC. The minimum Gasteiger partial charge on any atom is -0.348 e. The van der Waals surface area contributed by atoms with Gasteiger partial charge in [0.05, 0.1) is 18.1 Å². The van der Waals surface area contributed by atoms with E-state index in [0.29, 0.717) is 25.8 Å². The number of carbonyl (C=O) groups excluding carboxylic acids is 3. The fourth-order valence-electron chi connectivity index (χ4n) is 2.43.